The summed E-state index contributed by atoms with van der Waals surface area (Å²) in [4.78, 5) is 18.3. The maximum atomic E-state index is 13.2. The zero-order chi connectivity index (χ0) is 23.2. The Morgan fingerprint density at radius 1 is 1.12 bits per heavy atom. The highest BCUT2D eigenvalue weighted by molar-refractivity contribution is 7.92. The number of ether oxygens (including phenoxy) is 2. The van der Waals surface area contributed by atoms with Gasteiger partial charge in [0.2, 0.25) is 5.88 Å². The topological polar surface area (TPSA) is 97.8 Å². The van der Waals surface area contributed by atoms with Crippen molar-refractivity contribution in [2.45, 2.75) is 23.8 Å². The fourth-order valence-corrected chi connectivity index (χ4v) is 4.79. The summed E-state index contributed by atoms with van der Waals surface area (Å²) >= 11 is 0. The highest BCUT2D eigenvalue weighted by Crippen LogP contribution is 2.42. The van der Waals surface area contributed by atoms with Gasteiger partial charge < -0.3 is 14.4 Å². The molecule has 2 heterocycles. The van der Waals surface area contributed by atoms with Crippen LogP contribution in [-0.4, -0.2) is 39.1 Å². The highest BCUT2D eigenvalue weighted by Gasteiger charge is 2.38. The second-order valence-electron chi connectivity index (χ2n) is 7.81. The first-order valence-corrected chi connectivity index (χ1v) is 11.8. The number of pyridine rings is 1. The molecule has 33 heavy (non-hydrogen) atoms. The van der Waals surface area contributed by atoms with Gasteiger partial charge in [-0.05, 0) is 60.9 Å². The number of halogens is 1. The molecule has 1 aromatic heterocycles. The Balaban J connectivity index is 1.51. The van der Waals surface area contributed by atoms with E-state index in [9.17, 15) is 17.6 Å². The van der Waals surface area contributed by atoms with Gasteiger partial charge >= 0.3 is 0 Å². The van der Waals surface area contributed by atoms with Crippen molar-refractivity contribution in [2.75, 3.05) is 23.3 Å². The molecule has 3 aromatic rings. The number of hydrogen-bond donors (Lipinski definition) is 1. The van der Waals surface area contributed by atoms with Crippen molar-refractivity contribution in [1.82, 2.24) is 4.98 Å². The van der Waals surface area contributed by atoms with Gasteiger partial charge in [-0.2, -0.15) is 0 Å². The minimum atomic E-state index is -4.00. The summed E-state index contributed by atoms with van der Waals surface area (Å²) in [6.45, 7) is 0.0161. The molecule has 0 saturated heterocycles. The molecule has 2 aromatic carbocycles. The summed E-state index contributed by atoms with van der Waals surface area (Å²) in [5, 5.41) is 0. The maximum Gasteiger partial charge on any atom is 0.265 e. The fourth-order valence-electron chi connectivity index (χ4n) is 3.75. The van der Waals surface area contributed by atoms with E-state index >= 15 is 0 Å². The van der Waals surface area contributed by atoms with Crippen LogP contribution in [-0.2, 0) is 14.8 Å². The molecule has 10 heteroatoms. The molecule has 0 bridgehead atoms. The molecule has 1 aliphatic carbocycles. The van der Waals surface area contributed by atoms with E-state index in [0.29, 0.717) is 17.0 Å². The van der Waals surface area contributed by atoms with Crippen LogP contribution in [0, 0.1) is 5.82 Å². The summed E-state index contributed by atoms with van der Waals surface area (Å²) in [5.41, 5.74) is 2.16. The van der Waals surface area contributed by atoms with Gasteiger partial charge in [-0.25, -0.2) is 17.8 Å². The van der Waals surface area contributed by atoms with Crippen molar-refractivity contribution >= 4 is 27.3 Å². The predicted molar refractivity (Wildman–Crippen MR) is 119 cm³/mol. The van der Waals surface area contributed by atoms with Gasteiger partial charge in [0.25, 0.3) is 15.9 Å². The summed E-state index contributed by atoms with van der Waals surface area (Å²) in [6, 6.07) is 11.7. The molecular formula is C23H20FN3O5S. The molecule has 1 amide bonds. The lowest BCUT2D eigenvalue weighted by Crippen LogP contribution is -2.40. The van der Waals surface area contributed by atoms with Crippen molar-refractivity contribution in [3.8, 4) is 22.8 Å². The lowest BCUT2D eigenvalue weighted by atomic mass is 10.0. The summed E-state index contributed by atoms with van der Waals surface area (Å²) < 4.78 is 52.1. The van der Waals surface area contributed by atoms with Crippen LogP contribution in [0.15, 0.2) is 59.6 Å². The third-order valence-electron chi connectivity index (χ3n) is 5.50. The molecule has 0 spiro atoms. The van der Waals surface area contributed by atoms with E-state index in [1.165, 1.54) is 19.2 Å². The fraction of sp³-hybridized carbons (Fsp3) is 0.217. The molecule has 0 unspecified atom stereocenters. The second kappa shape index (κ2) is 8.04. The van der Waals surface area contributed by atoms with Crippen molar-refractivity contribution in [3.63, 3.8) is 0 Å². The maximum absolute atomic E-state index is 13.2. The van der Waals surface area contributed by atoms with Gasteiger partial charge in [-0.3, -0.25) is 9.52 Å². The number of nitrogens with zero attached hydrogens (tertiary/aromatic N) is 2. The number of sulfonamides is 1. The Labute approximate surface area is 190 Å². The van der Waals surface area contributed by atoms with Crippen LogP contribution >= 0.6 is 0 Å². The lowest BCUT2D eigenvalue weighted by Gasteiger charge is -2.30. The van der Waals surface area contributed by atoms with Gasteiger partial charge in [-0.1, -0.05) is 6.07 Å². The van der Waals surface area contributed by atoms with Crippen LogP contribution < -0.4 is 19.1 Å². The quantitative estimate of drug-likeness (QED) is 0.593. The van der Waals surface area contributed by atoms with Crippen LogP contribution in [0.25, 0.3) is 11.1 Å². The number of rotatable bonds is 6. The molecule has 5 rings (SSSR count). The third kappa shape index (κ3) is 4.09. The molecule has 1 aliphatic heterocycles. The van der Waals surface area contributed by atoms with Crippen molar-refractivity contribution in [2.24, 2.45) is 0 Å². The van der Waals surface area contributed by atoms with E-state index < -0.39 is 15.8 Å². The minimum Gasteiger partial charge on any atom is -0.482 e. The van der Waals surface area contributed by atoms with Gasteiger partial charge in [0.05, 0.1) is 17.7 Å². The highest BCUT2D eigenvalue weighted by atomic mass is 32.2. The molecule has 170 valence electrons. The summed E-state index contributed by atoms with van der Waals surface area (Å²) in [7, 11) is -2.62. The Morgan fingerprint density at radius 3 is 2.58 bits per heavy atom. The zero-order valence-corrected chi connectivity index (χ0v) is 18.4. The normalized spacial score (nSPS) is 15.6. The molecule has 1 N–H and O–H groups in total. The lowest BCUT2D eigenvalue weighted by molar-refractivity contribution is -0.121. The van der Waals surface area contributed by atoms with Crippen molar-refractivity contribution in [3.05, 3.63) is 60.5 Å². The monoisotopic (exact) mass is 469 g/mol. The molecule has 1 saturated carbocycles. The van der Waals surface area contributed by atoms with Gasteiger partial charge in [0.15, 0.2) is 6.61 Å². The molecule has 1 fully saturated rings. The van der Waals surface area contributed by atoms with Gasteiger partial charge in [0, 0.05) is 17.8 Å². The molecule has 2 aliphatic rings. The minimum absolute atomic E-state index is 0.0161. The van der Waals surface area contributed by atoms with E-state index in [1.54, 1.807) is 23.2 Å². The number of carbonyl (C=O) groups is 1. The van der Waals surface area contributed by atoms with Crippen molar-refractivity contribution < 1.29 is 27.1 Å². The molecular weight excluding hydrogens is 449 g/mol. The number of methoxy groups -OCH3 is 1. The number of hydrogen-bond acceptors (Lipinski definition) is 6. The van der Waals surface area contributed by atoms with Crippen molar-refractivity contribution in [1.29, 1.82) is 0 Å². The Hall–Kier alpha value is -3.66. The SMILES string of the molecule is COc1ncc(-c2ccc3c(c2)N(C2CC2)C(=O)CO3)cc1NS(=O)(=O)c1ccc(F)cc1. The van der Waals surface area contributed by atoms with E-state index in [1.807, 2.05) is 12.1 Å². The number of carbonyl (C=O) groups excluding carboxylic acids is 1. The van der Waals surface area contributed by atoms with Gasteiger partial charge in [-0.15, -0.1) is 0 Å². The standard InChI is InChI=1S/C23H20FN3O5S/c1-31-23-19(26-33(29,30)18-7-3-16(24)4-8-18)10-15(12-25-23)14-2-9-21-20(11-14)27(17-5-6-17)22(28)13-32-21/h2-4,7-12,17,26H,5-6,13H2,1H3. The number of amides is 1. The first-order chi connectivity index (χ1) is 15.9. The second-order valence-corrected chi connectivity index (χ2v) is 9.49. The van der Waals surface area contributed by atoms with Crippen LogP contribution in [0.3, 0.4) is 0 Å². The van der Waals surface area contributed by atoms with E-state index in [4.69, 9.17) is 9.47 Å². The first-order valence-electron chi connectivity index (χ1n) is 10.3. The zero-order valence-electron chi connectivity index (χ0n) is 17.6. The predicted octanol–water partition coefficient (Wildman–Crippen LogP) is 3.58. The number of anilines is 2. The van der Waals surface area contributed by atoms with Gasteiger partial charge in [0.1, 0.15) is 17.3 Å². The Morgan fingerprint density at radius 2 is 1.88 bits per heavy atom. The summed E-state index contributed by atoms with van der Waals surface area (Å²) in [6.07, 6.45) is 3.47. The van der Waals surface area contributed by atoms with E-state index in [0.717, 1.165) is 30.5 Å². The Bertz CT molecular complexity index is 1340. The largest absolute Gasteiger partial charge is 0.482 e. The van der Waals surface area contributed by atoms with Crippen LogP contribution in [0.1, 0.15) is 12.8 Å². The molecule has 0 radical (unpaired) electrons. The third-order valence-corrected chi connectivity index (χ3v) is 6.88. The van der Waals surface area contributed by atoms with E-state index in [2.05, 4.69) is 9.71 Å². The smallest absolute Gasteiger partial charge is 0.265 e. The number of aromatic nitrogens is 1. The summed E-state index contributed by atoms with van der Waals surface area (Å²) in [5.74, 6) is 0.0949. The number of nitrogens with one attached hydrogen (secondary N) is 1. The number of fused-ring (bicyclic) bond motifs is 1. The molecule has 8 nitrogen and oxygen atoms in total. The van der Waals surface area contributed by atoms with Crippen LogP contribution in [0.5, 0.6) is 11.6 Å². The average molecular weight is 469 g/mol. The van der Waals surface area contributed by atoms with E-state index in [-0.39, 0.29) is 35.0 Å². The Kier molecular flexibility index (Phi) is 5.16. The average Bonchev–Trinajstić information content (AvgIpc) is 3.63. The van der Waals surface area contributed by atoms with Crippen LogP contribution in [0.2, 0.25) is 0 Å². The number of benzene rings is 2. The first kappa shape index (κ1) is 21.2. The van der Waals surface area contributed by atoms with Crippen LogP contribution in [0.4, 0.5) is 15.8 Å². The molecule has 0 atom stereocenters.